The third-order valence-electron chi connectivity index (χ3n) is 3.11. The van der Waals surface area contributed by atoms with E-state index in [2.05, 4.69) is 17.2 Å². The van der Waals surface area contributed by atoms with Gasteiger partial charge in [0.2, 0.25) is 0 Å². The van der Waals surface area contributed by atoms with Crippen molar-refractivity contribution >= 4 is 11.5 Å². The Morgan fingerprint density at radius 1 is 1.65 bits per heavy atom. The number of pyridine rings is 1. The second kappa shape index (κ2) is 5.02. The summed E-state index contributed by atoms with van der Waals surface area (Å²) in [6.45, 7) is 3.71. The molecule has 2 heterocycles. The second-order valence-corrected chi connectivity index (χ2v) is 4.25. The van der Waals surface area contributed by atoms with Gasteiger partial charge in [-0.2, -0.15) is 5.26 Å². The quantitative estimate of drug-likeness (QED) is 0.822. The number of hydrogen-bond acceptors (Lipinski definition) is 5. The minimum Gasteiger partial charge on any atom is -0.396 e. The molecule has 2 atom stereocenters. The van der Waals surface area contributed by atoms with Crippen molar-refractivity contribution in [3.63, 3.8) is 0 Å². The molecule has 0 spiro atoms. The number of rotatable bonds is 3. The summed E-state index contributed by atoms with van der Waals surface area (Å²) in [6.07, 6.45) is 1.35. The molecular formula is C12H16N4O. The summed E-state index contributed by atoms with van der Waals surface area (Å²) in [4.78, 5) is 4.14. The molecular weight excluding hydrogens is 216 g/mol. The fourth-order valence-electron chi connectivity index (χ4n) is 1.94. The van der Waals surface area contributed by atoms with Gasteiger partial charge in [0.15, 0.2) is 5.69 Å². The highest BCUT2D eigenvalue weighted by Crippen LogP contribution is 2.21. The first-order chi connectivity index (χ1) is 8.20. The van der Waals surface area contributed by atoms with Crippen LogP contribution in [0.25, 0.3) is 0 Å². The summed E-state index contributed by atoms with van der Waals surface area (Å²) >= 11 is 0. The zero-order chi connectivity index (χ0) is 12.3. The molecule has 1 aliphatic heterocycles. The van der Waals surface area contributed by atoms with E-state index in [1.807, 2.05) is 6.07 Å². The van der Waals surface area contributed by atoms with Crippen molar-refractivity contribution in [2.24, 2.45) is 5.92 Å². The topological polar surface area (TPSA) is 84.0 Å². The van der Waals surface area contributed by atoms with E-state index in [4.69, 9.17) is 15.7 Å². The Morgan fingerprint density at radius 3 is 3.12 bits per heavy atom. The lowest BCUT2D eigenvalue weighted by atomic mass is 10.0. The van der Waals surface area contributed by atoms with Crippen LogP contribution >= 0.6 is 0 Å². The first-order valence-electron chi connectivity index (χ1n) is 5.73. The van der Waals surface area contributed by atoms with E-state index in [1.165, 1.54) is 0 Å². The van der Waals surface area contributed by atoms with Crippen molar-refractivity contribution in [2.45, 2.75) is 19.4 Å². The van der Waals surface area contributed by atoms with Crippen LogP contribution in [0.15, 0.2) is 12.1 Å². The smallest absolute Gasteiger partial charge is 0.165 e. The first kappa shape index (κ1) is 11.7. The van der Waals surface area contributed by atoms with Gasteiger partial charge in [-0.05, 0) is 25.5 Å². The van der Waals surface area contributed by atoms with E-state index in [9.17, 15) is 0 Å². The van der Waals surface area contributed by atoms with Crippen LogP contribution in [-0.2, 0) is 4.74 Å². The molecule has 0 aromatic carbocycles. The van der Waals surface area contributed by atoms with E-state index in [-0.39, 0.29) is 11.8 Å². The molecule has 90 valence electrons. The maximum atomic E-state index is 8.82. The van der Waals surface area contributed by atoms with E-state index in [1.54, 1.807) is 12.1 Å². The van der Waals surface area contributed by atoms with Gasteiger partial charge < -0.3 is 15.8 Å². The van der Waals surface area contributed by atoms with Crippen LogP contribution in [0.4, 0.5) is 11.5 Å². The largest absolute Gasteiger partial charge is 0.396 e. The summed E-state index contributed by atoms with van der Waals surface area (Å²) in [6, 6.07) is 5.46. The number of ether oxygens (including phenoxy) is 1. The third kappa shape index (κ3) is 2.66. The van der Waals surface area contributed by atoms with Gasteiger partial charge in [0.05, 0.1) is 11.8 Å². The summed E-state index contributed by atoms with van der Waals surface area (Å²) in [5.41, 5.74) is 6.29. The fourth-order valence-corrected chi connectivity index (χ4v) is 1.94. The predicted molar refractivity (Wildman–Crippen MR) is 65.4 cm³/mol. The van der Waals surface area contributed by atoms with Gasteiger partial charge in [0.1, 0.15) is 11.9 Å². The number of nitriles is 1. The van der Waals surface area contributed by atoms with Gasteiger partial charge in [0, 0.05) is 19.1 Å². The molecule has 5 nitrogen and oxygen atoms in total. The van der Waals surface area contributed by atoms with Gasteiger partial charge in [-0.15, -0.1) is 0 Å². The van der Waals surface area contributed by atoms with Gasteiger partial charge in [-0.25, -0.2) is 4.98 Å². The average molecular weight is 232 g/mol. The summed E-state index contributed by atoms with van der Waals surface area (Å²) in [5.74, 6) is 1.19. The maximum absolute atomic E-state index is 8.82. The fraction of sp³-hybridized carbons (Fsp3) is 0.500. The first-order valence-corrected chi connectivity index (χ1v) is 5.73. The Kier molecular flexibility index (Phi) is 3.45. The van der Waals surface area contributed by atoms with E-state index >= 15 is 0 Å². The molecule has 0 aliphatic carbocycles. The van der Waals surface area contributed by atoms with Crippen LogP contribution in [0, 0.1) is 17.2 Å². The lowest BCUT2D eigenvalue weighted by Crippen LogP contribution is -2.21. The van der Waals surface area contributed by atoms with Crippen molar-refractivity contribution in [2.75, 3.05) is 24.2 Å². The SMILES string of the molecule is CC1OCCC1CNc1ccc(N)c(C#N)n1. The average Bonchev–Trinajstić information content (AvgIpc) is 2.74. The molecule has 1 fully saturated rings. The Balaban J connectivity index is 1.97. The van der Waals surface area contributed by atoms with Crippen molar-refractivity contribution < 1.29 is 4.74 Å². The Hall–Kier alpha value is -1.80. The number of nitrogens with one attached hydrogen (secondary N) is 1. The molecule has 3 N–H and O–H groups in total. The number of anilines is 2. The number of nitrogens with two attached hydrogens (primary N) is 1. The molecule has 17 heavy (non-hydrogen) atoms. The van der Waals surface area contributed by atoms with Gasteiger partial charge in [-0.3, -0.25) is 0 Å². The van der Waals surface area contributed by atoms with Crippen molar-refractivity contribution in [1.29, 1.82) is 5.26 Å². The summed E-state index contributed by atoms with van der Waals surface area (Å²) in [5, 5.41) is 12.0. The van der Waals surface area contributed by atoms with Crippen LogP contribution in [0.2, 0.25) is 0 Å². The molecule has 1 aromatic heterocycles. The Morgan fingerprint density at radius 2 is 2.47 bits per heavy atom. The lowest BCUT2D eigenvalue weighted by Gasteiger charge is -2.15. The van der Waals surface area contributed by atoms with E-state index in [0.29, 0.717) is 17.4 Å². The molecule has 0 radical (unpaired) electrons. The third-order valence-corrected chi connectivity index (χ3v) is 3.11. The van der Waals surface area contributed by atoms with Gasteiger partial charge in [-0.1, -0.05) is 0 Å². The van der Waals surface area contributed by atoms with Crippen LogP contribution in [0.5, 0.6) is 0 Å². The van der Waals surface area contributed by atoms with Crippen LogP contribution in [0.1, 0.15) is 19.0 Å². The lowest BCUT2D eigenvalue weighted by molar-refractivity contribution is 0.108. The molecule has 0 saturated carbocycles. The highest BCUT2D eigenvalue weighted by Gasteiger charge is 2.23. The second-order valence-electron chi connectivity index (χ2n) is 4.25. The zero-order valence-corrected chi connectivity index (χ0v) is 9.81. The summed E-state index contributed by atoms with van der Waals surface area (Å²) in [7, 11) is 0. The van der Waals surface area contributed by atoms with Crippen molar-refractivity contribution in [1.82, 2.24) is 4.98 Å². The molecule has 0 bridgehead atoms. The van der Waals surface area contributed by atoms with E-state index < -0.39 is 0 Å². The number of aromatic nitrogens is 1. The highest BCUT2D eigenvalue weighted by atomic mass is 16.5. The van der Waals surface area contributed by atoms with Crippen LogP contribution in [-0.4, -0.2) is 24.2 Å². The molecule has 1 aliphatic rings. The normalized spacial score (nSPS) is 23.3. The Bertz CT molecular complexity index is 441. The van der Waals surface area contributed by atoms with Crippen LogP contribution in [0.3, 0.4) is 0 Å². The maximum Gasteiger partial charge on any atom is 0.165 e. The summed E-state index contributed by atoms with van der Waals surface area (Å²) < 4.78 is 5.49. The van der Waals surface area contributed by atoms with Crippen molar-refractivity contribution in [3.8, 4) is 6.07 Å². The zero-order valence-electron chi connectivity index (χ0n) is 9.81. The number of nitrogens with zero attached hydrogens (tertiary/aromatic N) is 2. The highest BCUT2D eigenvalue weighted by molar-refractivity contribution is 5.54. The molecule has 1 saturated heterocycles. The monoisotopic (exact) mass is 232 g/mol. The Labute approximate surface area is 101 Å². The van der Waals surface area contributed by atoms with Crippen LogP contribution < -0.4 is 11.1 Å². The minimum absolute atomic E-state index is 0.269. The van der Waals surface area contributed by atoms with Crippen molar-refractivity contribution in [3.05, 3.63) is 17.8 Å². The van der Waals surface area contributed by atoms with Gasteiger partial charge in [0.25, 0.3) is 0 Å². The minimum atomic E-state index is 0.269. The molecule has 2 rings (SSSR count). The molecule has 0 amide bonds. The molecule has 2 unspecified atom stereocenters. The number of nitrogen functional groups attached to an aromatic ring is 1. The standard InChI is InChI=1S/C12H16N4O/c1-8-9(4-5-17-8)7-15-12-3-2-10(14)11(6-13)16-12/h2-3,8-9H,4-5,7,14H2,1H3,(H,15,16). The molecule has 1 aromatic rings. The van der Waals surface area contributed by atoms with E-state index in [0.717, 1.165) is 19.6 Å². The predicted octanol–water partition coefficient (Wildman–Crippen LogP) is 1.37. The molecule has 5 heteroatoms. The number of hydrogen-bond donors (Lipinski definition) is 2. The van der Waals surface area contributed by atoms with Gasteiger partial charge >= 0.3 is 0 Å².